The summed E-state index contributed by atoms with van der Waals surface area (Å²) in [6.07, 6.45) is 3.17. The Morgan fingerprint density at radius 2 is 1.91 bits per heavy atom. The first-order chi connectivity index (χ1) is 16.4. The van der Waals surface area contributed by atoms with Crippen molar-refractivity contribution in [2.24, 2.45) is 0 Å². The summed E-state index contributed by atoms with van der Waals surface area (Å²) in [7, 11) is 2.02. The number of thiophene rings is 1. The summed E-state index contributed by atoms with van der Waals surface area (Å²) < 4.78 is 1.40. The molecular weight excluding hydrogens is 450 g/mol. The second-order valence-corrected chi connectivity index (χ2v) is 9.85. The number of amides is 2. The van der Waals surface area contributed by atoms with Gasteiger partial charge in [0.25, 0.3) is 5.56 Å². The van der Waals surface area contributed by atoms with E-state index >= 15 is 0 Å². The van der Waals surface area contributed by atoms with Crippen molar-refractivity contribution in [2.75, 3.05) is 38.1 Å². The lowest BCUT2D eigenvalue weighted by molar-refractivity contribution is -0.132. The first-order valence-corrected chi connectivity index (χ1v) is 12.5. The van der Waals surface area contributed by atoms with Crippen molar-refractivity contribution in [2.45, 2.75) is 39.8 Å². The molecule has 180 valence electrons. The average Bonchev–Trinajstić information content (AvgIpc) is 3.24. The fraction of sp³-hybridized carbons (Fsp3) is 0.440. The van der Waals surface area contributed by atoms with Crippen LogP contribution in [0.15, 0.2) is 41.5 Å². The van der Waals surface area contributed by atoms with E-state index in [1.165, 1.54) is 22.2 Å². The van der Waals surface area contributed by atoms with Gasteiger partial charge in [-0.2, -0.15) is 0 Å². The number of aryl methyl sites for hydroxylation is 1. The number of hydrogen-bond acceptors (Lipinski definition) is 6. The zero-order valence-corrected chi connectivity index (χ0v) is 20.8. The van der Waals surface area contributed by atoms with Crippen LogP contribution in [0.1, 0.15) is 30.7 Å². The number of para-hydroxylation sites is 1. The van der Waals surface area contributed by atoms with Crippen molar-refractivity contribution in [1.29, 1.82) is 0 Å². The standard InChI is InChI=1S/C25H31N5O3S/c1-4-20-14-21-24(34-20)26-17-29(25(21)33)16-23(32)28-13-12-27(3)10-7-11-30(18(2)31)22-9-6-5-8-19(22)15-28/h5-6,8-9,14,17H,4,7,10-13,15-16H2,1-3H3. The van der Waals surface area contributed by atoms with Gasteiger partial charge in [-0.15, -0.1) is 11.3 Å². The molecule has 0 aliphatic carbocycles. The molecule has 2 amide bonds. The van der Waals surface area contributed by atoms with Gasteiger partial charge in [-0.05, 0) is 44.1 Å². The van der Waals surface area contributed by atoms with Gasteiger partial charge < -0.3 is 14.7 Å². The molecule has 3 aromatic rings. The molecule has 8 nitrogen and oxygen atoms in total. The maximum atomic E-state index is 13.4. The number of carbonyl (C=O) groups excluding carboxylic acids is 2. The molecule has 1 aromatic carbocycles. The van der Waals surface area contributed by atoms with Gasteiger partial charge in [0.2, 0.25) is 11.8 Å². The van der Waals surface area contributed by atoms with E-state index in [4.69, 9.17) is 0 Å². The summed E-state index contributed by atoms with van der Waals surface area (Å²) >= 11 is 1.52. The molecule has 9 heteroatoms. The summed E-state index contributed by atoms with van der Waals surface area (Å²) in [5.74, 6) is -0.161. The Balaban J connectivity index is 1.64. The molecule has 0 saturated heterocycles. The number of fused-ring (bicyclic) bond motifs is 2. The molecule has 0 N–H and O–H groups in total. The van der Waals surface area contributed by atoms with Crippen molar-refractivity contribution in [3.8, 4) is 0 Å². The van der Waals surface area contributed by atoms with Crippen molar-refractivity contribution in [1.82, 2.24) is 19.4 Å². The summed E-state index contributed by atoms with van der Waals surface area (Å²) in [6, 6.07) is 9.62. The summed E-state index contributed by atoms with van der Waals surface area (Å²) in [5.41, 5.74) is 1.57. The smallest absolute Gasteiger partial charge is 0.262 e. The number of anilines is 1. The Morgan fingerprint density at radius 3 is 2.68 bits per heavy atom. The number of carbonyl (C=O) groups is 2. The maximum Gasteiger partial charge on any atom is 0.262 e. The Kier molecular flexibility index (Phi) is 7.43. The summed E-state index contributed by atoms with van der Waals surface area (Å²) in [6.45, 7) is 6.63. The van der Waals surface area contributed by atoms with Gasteiger partial charge in [0.05, 0.1) is 11.7 Å². The van der Waals surface area contributed by atoms with Gasteiger partial charge >= 0.3 is 0 Å². The third-order valence-corrected chi connectivity index (χ3v) is 7.46. The van der Waals surface area contributed by atoms with Gasteiger partial charge in [0, 0.05) is 43.7 Å². The Bertz CT molecular complexity index is 1250. The number of benzene rings is 1. The van der Waals surface area contributed by atoms with E-state index < -0.39 is 0 Å². The number of aromatic nitrogens is 2. The third-order valence-electron chi connectivity index (χ3n) is 6.27. The van der Waals surface area contributed by atoms with Crippen molar-refractivity contribution in [3.05, 3.63) is 57.5 Å². The Morgan fingerprint density at radius 1 is 1.12 bits per heavy atom. The SMILES string of the molecule is CCc1cc2c(=O)n(CC(=O)N3CCN(C)CCCN(C(C)=O)c4ccccc4C3)cnc2s1. The normalized spacial score (nSPS) is 15.7. The van der Waals surface area contributed by atoms with Gasteiger partial charge in [-0.3, -0.25) is 19.0 Å². The van der Waals surface area contributed by atoms with E-state index in [9.17, 15) is 14.4 Å². The van der Waals surface area contributed by atoms with Crippen LogP contribution in [0.2, 0.25) is 0 Å². The second kappa shape index (κ2) is 10.5. The van der Waals surface area contributed by atoms with Crippen LogP contribution in [0.3, 0.4) is 0 Å². The predicted octanol–water partition coefficient (Wildman–Crippen LogP) is 2.74. The molecule has 0 spiro atoms. The first kappa shape index (κ1) is 24.1. The molecule has 4 rings (SSSR count). The first-order valence-electron chi connectivity index (χ1n) is 11.7. The zero-order chi connectivity index (χ0) is 24.2. The van der Waals surface area contributed by atoms with Crippen molar-refractivity contribution >= 4 is 39.1 Å². The minimum absolute atomic E-state index is 0.0135. The van der Waals surface area contributed by atoms with Crippen molar-refractivity contribution < 1.29 is 9.59 Å². The Hall–Kier alpha value is -3.04. The molecule has 0 saturated carbocycles. The topological polar surface area (TPSA) is 78.8 Å². The van der Waals surface area contributed by atoms with Crippen LogP contribution >= 0.6 is 11.3 Å². The van der Waals surface area contributed by atoms with Crippen LogP contribution in [-0.4, -0.2) is 64.4 Å². The molecule has 0 unspecified atom stereocenters. The number of rotatable bonds is 3. The lowest BCUT2D eigenvalue weighted by Crippen LogP contribution is -2.40. The molecule has 0 radical (unpaired) electrons. The zero-order valence-electron chi connectivity index (χ0n) is 20.0. The van der Waals surface area contributed by atoms with Crippen LogP contribution < -0.4 is 10.5 Å². The largest absolute Gasteiger partial charge is 0.335 e. The minimum Gasteiger partial charge on any atom is -0.335 e. The summed E-state index contributed by atoms with van der Waals surface area (Å²) in [5, 5.41) is 0.566. The van der Waals surface area contributed by atoms with Crippen LogP contribution in [0.5, 0.6) is 0 Å². The number of hydrogen-bond donors (Lipinski definition) is 0. The summed E-state index contributed by atoms with van der Waals surface area (Å²) in [4.78, 5) is 50.8. The highest BCUT2D eigenvalue weighted by molar-refractivity contribution is 7.18. The van der Waals surface area contributed by atoms with E-state index in [1.54, 1.807) is 16.7 Å². The molecule has 0 bridgehead atoms. The van der Waals surface area contributed by atoms with E-state index in [0.717, 1.165) is 35.5 Å². The maximum absolute atomic E-state index is 13.4. The van der Waals surface area contributed by atoms with Gasteiger partial charge in [-0.1, -0.05) is 25.1 Å². The van der Waals surface area contributed by atoms with E-state index in [2.05, 4.69) is 9.88 Å². The average molecular weight is 482 g/mol. The van der Waals surface area contributed by atoms with Gasteiger partial charge in [0.1, 0.15) is 11.4 Å². The Labute approximate surface area is 203 Å². The fourth-order valence-corrected chi connectivity index (χ4v) is 5.22. The number of nitrogens with zero attached hydrogens (tertiary/aromatic N) is 5. The molecule has 0 fully saturated rings. The molecule has 1 aliphatic heterocycles. The quantitative estimate of drug-likeness (QED) is 0.575. The van der Waals surface area contributed by atoms with Crippen LogP contribution in [0, 0.1) is 0 Å². The van der Waals surface area contributed by atoms with E-state index in [0.29, 0.717) is 36.4 Å². The molecule has 1 aliphatic rings. The van der Waals surface area contributed by atoms with E-state index in [1.807, 2.05) is 44.3 Å². The van der Waals surface area contributed by atoms with Crippen LogP contribution in [0.25, 0.3) is 10.2 Å². The monoisotopic (exact) mass is 481 g/mol. The lowest BCUT2D eigenvalue weighted by atomic mass is 10.1. The van der Waals surface area contributed by atoms with Crippen LogP contribution in [-0.2, 0) is 29.1 Å². The van der Waals surface area contributed by atoms with Crippen LogP contribution in [0.4, 0.5) is 5.69 Å². The highest BCUT2D eigenvalue weighted by Gasteiger charge is 2.22. The van der Waals surface area contributed by atoms with Crippen molar-refractivity contribution in [3.63, 3.8) is 0 Å². The lowest BCUT2D eigenvalue weighted by Gasteiger charge is -2.27. The molecular formula is C25H31N5O3S. The molecule has 0 atom stereocenters. The third kappa shape index (κ3) is 5.20. The van der Waals surface area contributed by atoms with Gasteiger partial charge in [-0.25, -0.2) is 4.98 Å². The number of likely N-dealkylation sites (N-methyl/N-ethyl adjacent to an activating group) is 1. The predicted molar refractivity (Wildman–Crippen MR) is 135 cm³/mol. The molecule has 34 heavy (non-hydrogen) atoms. The highest BCUT2D eigenvalue weighted by atomic mass is 32.1. The molecule has 3 heterocycles. The van der Waals surface area contributed by atoms with Gasteiger partial charge in [0.15, 0.2) is 0 Å². The fourth-order valence-electron chi connectivity index (χ4n) is 4.30. The minimum atomic E-state index is -0.188. The molecule has 2 aromatic heterocycles. The second-order valence-electron chi connectivity index (χ2n) is 8.73. The van der Waals surface area contributed by atoms with E-state index in [-0.39, 0.29) is 23.9 Å². The highest BCUT2D eigenvalue weighted by Crippen LogP contribution is 2.24.